The first kappa shape index (κ1) is 24.8. The van der Waals surface area contributed by atoms with E-state index in [1.807, 2.05) is 56.6 Å². The van der Waals surface area contributed by atoms with Crippen LogP contribution in [0.1, 0.15) is 61.1 Å². The van der Waals surface area contributed by atoms with Gasteiger partial charge >= 0.3 is 6.09 Å². The van der Waals surface area contributed by atoms with E-state index in [2.05, 4.69) is 10.4 Å². The summed E-state index contributed by atoms with van der Waals surface area (Å²) in [5.74, 6) is -0.168. The van der Waals surface area contributed by atoms with E-state index < -0.39 is 5.60 Å². The maximum absolute atomic E-state index is 13.3. The monoisotopic (exact) mass is 494 g/mol. The normalized spacial score (nSPS) is 14.6. The Morgan fingerprint density at radius 2 is 1.77 bits per heavy atom. The lowest BCUT2D eigenvalue weighted by molar-refractivity contribution is 0.0203. The number of benzene rings is 2. The van der Waals surface area contributed by atoms with Gasteiger partial charge in [-0.25, -0.2) is 9.48 Å². The molecule has 8 heteroatoms. The second-order valence-electron chi connectivity index (χ2n) is 9.90. The number of amides is 2. The molecule has 2 aromatic carbocycles. The van der Waals surface area contributed by atoms with Crippen LogP contribution in [0.15, 0.2) is 54.7 Å². The molecule has 0 atom stereocenters. The molecule has 0 unspecified atom stereocenters. The molecule has 0 radical (unpaired) electrons. The number of carbonyl (C=O) groups excluding carboxylic acids is 2. The van der Waals surface area contributed by atoms with Crippen molar-refractivity contribution in [2.45, 2.75) is 52.1 Å². The Morgan fingerprint density at radius 1 is 1.09 bits per heavy atom. The van der Waals surface area contributed by atoms with E-state index in [9.17, 15) is 9.59 Å². The molecule has 184 valence electrons. The molecule has 1 N–H and O–H groups in total. The van der Waals surface area contributed by atoms with Crippen molar-refractivity contribution >= 4 is 29.3 Å². The number of hydrogen-bond donors (Lipinski definition) is 1. The van der Waals surface area contributed by atoms with E-state index in [0.717, 1.165) is 16.9 Å². The predicted octanol–water partition coefficient (Wildman–Crippen LogP) is 6.20. The minimum Gasteiger partial charge on any atom is -0.444 e. The number of hydrogen-bond acceptors (Lipinski definition) is 4. The molecule has 3 aromatic rings. The zero-order valence-corrected chi connectivity index (χ0v) is 21.3. The van der Waals surface area contributed by atoms with Crippen molar-refractivity contribution in [3.63, 3.8) is 0 Å². The minimum absolute atomic E-state index is 0.0580. The first-order chi connectivity index (χ1) is 16.6. The van der Waals surface area contributed by atoms with Crippen molar-refractivity contribution < 1.29 is 14.3 Å². The number of likely N-dealkylation sites (tertiary alicyclic amines) is 1. The highest BCUT2D eigenvalue weighted by Gasteiger charge is 2.32. The van der Waals surface area contributed by atoms with Crippen molar-refractivity contribution in [1.29, 1.82) is 0 Å². The molecule has 1 aliphatic rings. The van der Waals surface area contributed by atoms with E-state index in [0.29, 0.717) is 42.2 Å². The number of piperidine rings is 1. The number of anilines is 1. The summed E-state index contributed by atoms with van der Waals surface area (Å²) in [5, 5.41) is 8.17. The highest BCUT2D eigenvalue weighted by molar-refractivity contribution is 6.30. The van der Waals surface area contributed by atoms with Crippen molar-refractivity contribution in [2.24, 2.45) is 0 Å². The van der Waals surface area contributed by atoms with Crippen molar-refractivity contribution in [1.82, 2.24) is 14.7 Å². The summed E-state index contributed by atoms with van der Waals surface area (Å²) in [5.41, 5.74) is 3.51. The van der Waals surface area contributed by atoms with Gasteiger partial charge in [-0.1, -0.05) is 23.7 Å². The van der Waals surface area contributed by atoms with E-state index in [1.165, 1.54) is 0 Å². The molecule has 35 heavy (non-hydrogen) atoms. The summed E-state index contributed by atoms with van der Waals surface area (Å²) in [7, 11) is 0. The molecule has 0 bridgehead atoms. The number of nitrogens with one attached hydrogen (secondary N) is 1. The van der Waals surface area contributed by atoms with Gasteiger partial charge in [-0.2, -0.15) is 5.10 Å². The molecule has 0 aliphatic carbocycles. The molecule has 1 saturated heterocycles. The maximum atomic E-state index is 13.3. The molecule has 1 aromatic heterocycles. The fourth-order valence-electron chi connectivity index (χ4n) is 4.28. The van der Waals surface area contributed by atoms with Crippen molar-refractivity contribution in [3.8, 4) is 5.69 Å². The molecule has 2 heterocycles. The topological polar surface area (TPSA) is 76.5 Å². The Labute approximate surface area is 211 Å². The van der Waals surface area contributed by atoms with Gasteiger partial charge in [-0.05, 0) is 82.5 Å². The second kappa shape index (κ2) is 10.1. The highest BCUT2D eigenvalue weighted by Crippen LogP contribution is 2.33. The van der Waals surface area contributed by atoms with Crippen LogP contribution in [-0.2, 0) is 4.74 Å². The van der Waals surface area contributed by atoms with Crippen LogP contribution in [0.25, 0.3) is 5.69 Å². The zero-order chi connectivity index (χ0) is 25.2. The highest BCUT2D eigenvalue weighted by atomic mass is 35.5. The van der Waals surface area contributed by atoms with Crippen LogP contribution in [0.2, 0.25) is 5.02 Å². The summed E-state index contributed by atoms with van der Waals surface area (Å²) in [6, 6.07) is 15.1. The van der Waals surface area contributed by atoms with Crippen LogP contribution in [0.5, 0.6) is 0 Å². The van der Waals surface area contributed by atoms with Gasteiger partial charge in [0.15, 0.2) is 0 Å². The summed E-state index contributed by atoms with van der Waals surface area (Å²) < 4.78 is 7.40. The van der Waals surface area contributed by atoms with Gasteiger partial charge < -0.3 is 15.0 Å². The van der Waals surface area contributed by atoms with Gasteiger partial charge in [0.2, 0.25) is 0 Å². The Kier molecular flexibility index (Phi) is 7.17. The maximum Gasteiger partial charge on any atom is 0.410 e. The number of halogens is 1. The molecule has 2 amide bonds. The van der Waals surface area contributed by atoms with Crippen molar-refractivity contribution in [3.05, 3.63) is 76.6 Å². The van der Waals surface area contributed by atoms with Gasteiger partial charge in [-0.3, -0.25) is 4.79 Å². The fraction of sp³-hybridized carbons (Fsp3) is 0.370. The van der Waals surface area contributed by atoms with E-state index in [1.54, 1.807) is 35.4 Å². The first-order valence-corrected chi connectivity index (χ1v) is 12.2. The lowest BCUT2D eigenvalue weighted by Gasteiger charge is -2.34. The summed E-state index contributed by atoms with van der Waals surface area (Å²) in [6.45, 7) is 8.73. The standard InChI is InChI=1S/C27H31ClN4O3/c1-18-6-5-7-22(16-18)32-24(19-12-14-31(15-13-19)26(34)35-27(2,3)4)23(17-29-32)25(33)30-21-10-8-20(28)9-11-21/h5-11,16-17,19H,12-15H2,1-4H3,(H,30,33). The van der Waals surface area contributed by atoms with Gasteiger partial charge in [0, 0.05) is 29.7 Å². The Balaban J connectivity index is 1.61. The van der Waals surface area contributed by atoms with Crippen LogP contribution in [0.4, 0.5) is 10.5 Å². The van der Waals surface area contributed by atoms with Gasteiger partial charge in [-0.15, -0.1) is 0 Å². The second-order valence-corrected chi connectivity index (χ2v) is 10.3. The molecule has 1 fully saturated rings. The molecule has 4 rings (SSSR count). The van der Waals surface area contributed by atoms with E-state index in [4.69, 9.17) is 16.3 Å². The average Bonchev–Trinajstić information content (AvgIpc) is 3.25. The molecule has 7 nitrogen and oxygen atoms in total. The quantitative estimate of drug-likeness (QED) is 0.468. The zero-order valence-electron chi connectivity index (χ0n) is 20.5. The number of aromatic nitrogens is 2. The molecule has 0 saturated carbocycles. The predicted molar refractivity (Wildman–Crippen MR) is 137 cm³/mol. The first-order valence-electron chi connectivity index (χ1n) is 11.8. The average molecular weight is 495 g/mol. The Hall–Kier alpha value is -3.32. The summed E-state index contributed by atoms with van der Waals surface area (Å²) >= 11 is 5.98. The number of carbonyl (C=O) groups is 2. The van der Waals surface area contributed by atoms with E-state index in [-0.39, 0.29) is 17.9 Å². The van der Waals surface area contributed by atoms with Gasteiger partial charge in [0.25, 0.3) is 5.91 Å². The van der Waals surface area contributed by atoms with Gasteiger partial charge in [0.05, 0.1) is 23.1 Å². The largest absolute Gasteiger partial charge is 0.444 e. The van der Waals surface area contributed by atoms with Crippen LogP contribution in [-0.4, -0.2) is 45.4 Å². The number of rotatable bonds is 4. The lowest BCUT2D eigenvalue weighted by atomic mass is 9.90. The number of aryl methyl sites for hydroxylation is 1. The Bertz CT molecular complexity index is 1210. The third kappa shape index (κ3) is 6.03. The van der Waals surface area contributed by atoms with Crippen LogP contribution >= 0.6 is 11.6 Å². The summed E-state index contributed by atoms with van der Waals surface area (Å²) in [4.78, 5) is 27.6. The van der Waals surface area contributed by atoms with Crippen LogP contribution in [0.3, 0.4) is 0 Å². The van der Waals surface area contributed by atoms with Crippen LogP contribution in [0, 0.1) is 6.92 Å². The molecule has 1 aliphatic heterocycles. The Morgan fingerprint density at radius 3 is 2.40 bits per heavy atom. The van der Waals surface area contributed by atoms with Crippen molar-refractivity contribution in [2.75, 3.05) is 18.4 Å². The van der Waals surface area contributed by atoms with Gasteiger partial charge in [0.1, 0.15) is 5.60 Å². The number of ether oxygens (including phenoxy) is 1. The molecular weight excluding hydrogens is 464 g/mol. The minimum atomic E-state index is -0.537. The lowest BCUT2D eigenvalue weighted by Crippen LogP contribution is -2.41. The molecule has 0 spiro atoms. The third-order valence-electron chi connectivity index (χ3n) is 5.93. The van der Waals surface area contributed by atoms with E-state index >= 15 is 0 Å². The smallest absolute Gasteiger partial charge is 0.410 e. The molecular formula is C27H31ClN4O3. The summed E-state index contributed by atoms with van der Waals surface area (Å²) in [6.07, 6.45) is 2.74. The fourth-order valence-corrected chi connectivity index (χ4v) is 4.41. The number of nitrogens with zero attached hydrogens (tertiary/aromatic N) is 3. The van der Waals surface area contributed by atoms with Crippen LogP contribution < -0.4 is 5.32 Å². The SMILES string of the molecule is Cc1cccc(-n2ncc(C(=O)Nc3ccc(Cl)cc3)c2C2CCN(C(=O)OC(C)(C)C)CC2)c1. The third-order valence-corrected chi connectivity index (χ3v) is 6.18.